The van der Waals surface area contributed by atoms with Gasteiger partial charge >= 0.3 is 0 Å². The lowest BCUT2D eigenvalue weighted by Gasteiger charge is -2.40. The second-order valence-corrected chi connectivity index (χ2v) is 11.0. The third kappa shape index (κ3) is 6.48. The van der Waals surface area contributed by atoms with Crippen LogP contribution in [-0.4, -0.2) is 82.5 Å². The van der Waals surface area contributed by atoms with E-state index in [0.29, 0.717) is 18.3 Å². The number of carbonyl (C=O) groups excluding carboxylic acids is 2. The number of benzene rings is 1. The number of piperidine rings is 1. The van der Waals surface area contributed by atoms with Crippen LogP contribution >= 0.6 is 0 Å². The van der Waals surface area contributed by atoms with Crippen molar-refractivity contribution < 1.29 is 14.1 Å². The van der Waals surface area contributed by atoms with E-state index in [9.17, 15) is 9.59 Å². The van der Waals surface area contributed by atoms with Gasteiger partial charge in [-0.15, -0.1) is 0 Å². The van der Waals surface area contributed by atoms with Gasteiger partial charge in [0.2, 0.25) is 23.5 Å². The Hall–Kier alpha value is -2.74. The summed E-state index contributed by atoms with van der Waals surface area (Å²) in [6, 6.07) is 8.12. The van der Waals surface area contributed by atoms with Gasteiger partial charge in [0.15, 0.2) is 0 Å². The fraction of sp³-hybridized carbons (Fsp3) is 0.630. The van der Waals surface area contributed by atoms with Gasteiger partial charge in [0.25, 0.3) is 0 Å². The fourth-order valence-corrected chi connectivity index (χ4v) is 4.92. The monoisotopic (exact) mass is 481 g/mol. The quantitative estimate of drug-likeness (QED) is 0.629. The van der Waals surface area contributed by atoms with Crippen LogP contribution < -0.4 is 0 Å². The Morgan fingerprint density at radius 3 is 2.43 bits per heavy atom. The van der Waals surface area contributed by atoms with Crippen molar-refractivity contribution in [1.82, 2.24) is 24.8 Å². The van der Waals surface area contributed by atoms with Crippen molar-refractivity contribution in [3.05, 3.63) is 35.7 Å². The van der Waals surface area contributed by atoms with Crippen molar-refractivity contribution in [2.45, 2.75) is 53.4 Å². The average Bonchev–Trinajstić information content (AvgIpc) is 3.32. The lowest BCUT2D eigenvalue weighted by Crippen LogP contribution is -2.54. The molecule has 4 rings (SSSR count). The highest BCUT2D eigenvalue weighted by Crippen LogP contribution is 2.25. The zero-order valence-electron chi connectivity index (χ0n) is 21.6. The molecule has 2 aliphatic heterocycles. The number of aryl methyl sites for hydroxylation is 2. The molecule has 8 heteroatoms. The highest BCUT2D eigenvalue weighted by molar-refractivity contribution is 5.84. The third-order valence-electron chi connectivity index (χ3n) is 7.03. The van der Waals surface area contributed by atoms with Crippen molar-refractivity contribution in [2.75, 3.05) is 45.8 Å². The lowest BCUT2D eigenvalue weighted by molar-refractivity contribution is -0.146. The first-order chi connectivity index (χ1) is 16.7. The molecule has 0 bridgehead atoms. The van der Waals surface area contributed by atoms with Gasteiger partial charge in [-0.05, 0) is 32.7 Å². The minimum Gasteiger partial charge on any atom is -0.341 e. The molecule has 2 amide bonds. The van der Waals surface area contributed by atoms with E-state index in [4.69, 9.17) is 4.52 Å². The molecule has 2 aromatic rings. The summed E-state index contributed by atoms with van der Waals surface area (Å²) in [5.74, 6) is 1.60. The van der Waals surface area contributed by atoms with Crippen LogP contribution in [0.2, 0.25) is 0 Å². The predicted molar refractivity (Wildman–Crippen MR) is 135 cm³/mol. The normalized spacial score (nSPS) is 19.7. The van der Waals surface area contributed by atoms with Gasteiger partial charge in [-0.1, -0.05) is 55.8 Å². The highest BCUT2D eigenvalue weighted by Gasteiger charge is 2.35. The molecule has 0 N–H and O–H groups in total. The van der Waals surface area contributed by atoms with E-state index >= 15 is 0 Å². The first kappa shape index (κ1) is 25.4. The number of carbonyl (C=O) groups is 2. The van der Waals surface area contributed by atoms with Crippen LogP contribution in [0.25, 0.3) is 11.4 Å². The second kappa shape index (κ2) is 10.9. The van der Waals surface area contributed by atoms with Crippen LogP contribution in [0.3, 0.4) is 0 Å². The SMILES string of the molecule is Cc1ccc(-c2noc(CCCN3CCN(C(=O)C4CCCN(C(=O)C(C)(C)C)C4)CC3)n2)cc1. The molecule has 0 radical (unpaired) electrons. The summed E-state index contributed by atoms with van der Waals surface area (Å²) in [6.45, 7) is 13.4. The molecular formula is C27H39N5O3. The van der Waals surface area contributed by atoms with Gasteiger partial charge in [0.05, 0.1) is 5.92 Å². The summed E-state index contributed by atoms with van der Waals surface area (Å²) in [6.07, 6.45) is 3.47. The van der Waals surface area contributed by atoms with Crippen LogP contribution in [0.5, 0.6) is 0 Å². The van der Waals surface area contributed by atoms with E-state index in [1.807, 2.05) is 54.8 Å². The standard InChI is InChI=1S/C27H39N5O3/c1-20-9-11-21(12-10-20)24-28-23(35-29-24)8-6-13-30-15-17-31(18-16-30)25(33)22-7-5-14-32(19-22)26(34)27(2,3)4/h9-12,22H,5-8,13-19H2,1-4H3. The number of hydrogen-bond acceptors (Lipinski definition) is 6. The summed E-state index contributed by atoms with van der Waals surface area (Å²) >= 11 is 0. The maximum absolute atomic E-state index is 13.2. The number of hydrogen-bond donors (Lipinski definition) is 0. The molecule has 0 saturated carbocycles. The summed E-state index contributed by atoms with van der Waals surface area (Å²) < 4.78 is 5.44. The number of piperazine rings is 1. The minimum atomic E-state index is -0.403. The second-order valence-electron chi connectivity index (χ2n) is 11.0. The average molecular weight is 482 g/mol. The minimum absolute atomic E-state index is 0.0677. The first-order valence-corrected chi connectivity index (χ1v) is 12.9. The molecule has 35 heavy (non-hydrogen) atoms. The van der Waals surface area contributed by atoms with Crippen LogP contribution in [0.1, 0.15) is 51.5 Å². The van der Waals surface area contributed by atoms with Gasteiger partial charge in [-0.3, -0.25) is 14.5 Å². The van der Waals surface area contributed by atoms with E-state index in [2.05, 4.69) is 22.0 Å². The molecule has 0 spiro atoms. The Morgan fingerprint density at radius 2 is 1.74 bits per heavy atom. The molecule has 190 valence electrons. The van der Waals surface area contributed by atoms with Gasteiger partial charge < -0.3 is 14.3 Å². The zero-order chi connectivity index (χ0) is 25.0. The van der Waals surface area contributed by atoms with Gasteiger partial charge in [0.1, 0.15) is 0 Å². The molecular weight excluding hydrogens is 442 g/mol. The van der Waals surface area contributed by atoms with Crippen molar-refractivity contribution in [3.63, 3.8) is 0 Å². The largest absolute Gasteiger partial charge is 0.341 e. The zero-order valence-corrected chi connectivity index (χ0v) is 21.6. The van der Waals surface area contributed by atoms with Crippen LogP contribution in [0.15, 0.2) is 28.8 Å². The molecule has 3 heterocycles. The van der Waals surface area contributed by atoms with Crippen LogP contribution in [0.4, 0.5) is 0 Å². The number of rotatable bonds is 6. The maximum atomic E-state index is 13.2. The first-order valence-electron chi connectivity index (χ1n) is 12.9. The number of amides is 2. The summed E-state index contributed by atoms with van der Waals surface area (Å²) in [7, 11) is 0. The lowest BCUT2D eigenvalue weighted by atomic mass is 9.90. The molecule has 1 atom stereocenters. The number of likely N-dealkylation sites (tertiary alicyclic amines) is 1. The molecule has 8 nitrogen and oxygen atoms in total. The molecule has 1 unspecified atom stereocenters. The Bertz CT molecular complexity index is 1000. The molecule has 1 aromatic carbocycles. The van der Waals surface area contributed by atoms with Crippen molar-refractivity contribution in [1.29, 1.82) is 0 Å². The summed E-state index contributed by atoms with van der Waals surface area (Å²) in [4.78, 5) is 36.7. The molecule has 2 aliphatic rings. The van der Waals surface area contributed by atoms with Gasteiger partial charge in [-0.25, -0.2) is 0 Å². The fourth-order valence-electron chi connectivity index (χ4n) is 4.92. The summed E-state index contributed by atoms with van der Waals surface area (Å²) in [5, 5.41) is 4.12. The Kier molecular flexibility index (Phi) is 7.89. The Morgan fingerprint density at radius 1 is 1.03 bits per heavy atom. The number of aromatic nitrogens is 2. The molecule has 1 aromatic heterocycles. The van der Waals surface area contributed by atoms with Gasteiger partial charge in [-0.2, -0.15) is 4.98 Å². The Balaban J connectivity index is 1.19. The van der Waals surface area contributed by atoms with E-state index in [0.717, 1.165) is 70.5 Å². The molecule has 2 fully saturated rings. The molecule has 0 aliphatic carbocycles. The van der Waals surface area contributed by atoms with Crippen LogP contribution in [-0.2, 0) is 16.0 Å². The van der Waals surface area contributed by atoms with E-state index < -0.39 is 5.41 Å². The maximum Gasteiger partial charge on any atom is 0.227 e. The predicted octanol–water partition coefficient (Wildman–Crippen LogP) is 3.41. The number of nitrogens with zero attached hydrogens (tertiary/aromatic N) is 5. The van der Waals surface area contributed by atoms with E-state index in [1.54, 1.807) is 0 Å². The third-order valence-corrected chi connectivity index (χ3v) is 7.03. The van der Waals surface area contributed by atoms with Crippen LogP contribution in [0, 0.1) is 18.3 Å². The van der Waals surface area contributed by atoms with E-state index in [-0.39, 0.29) is 17.7 Å². The smallest absolute Gasteiger partial charge is 0.227 e. The highest BCUT2D eigenvalue weighted by atomic mass is 16.5. The van der Waals surface area contributed by atoms with Crippen molar-refractivity contribution >= 4 is 11.8 Å². The summed E-state index contributed by atoms with van der Waals surface area (Å²) in [5.41, 5.74) is 1.77. The van der Waals surface area contributed by atoms with Crippen molar-refractivity contribution in [2.24, 2.45) is 11.3 Å². The Labute approximate surface area is 208 Å². The van der Waals surface area contributed by atoms with Gasteiger partial charge in [0, 0.05) is 56.7 Å². The molecule has 2 saturated heterocycles. The van der Waals surface area contributed by atoms with Crippen molar-refractivity contribution in [3.8, 4) is 11.4 Å². The van der Waals surface area contributed by atoms with E-state index in [1.165, 1.54) is 5.56 Å². The topological polar surface area (TPSA) is 82.8 Å².